The Hall–Kier alpha value is -2.57. The van der Waals surface area contributed by atoms with E-state index >= 15 is 0 Å². The summed E-state index contributed by atoms with van der Waals surface area (Å²) in [6, 6.07) is 15.5. The third-order valence-electron chi connectivity index (χ3n) is 6.81. The van der Waals surface area contributed by atoms with Gasteiger partial charge < -0.3 is 19.9 Å². The Kier molecular flexibility index (Phi) is 5.13. The lowest BCUT2D eigenvalue weighted by molar-refractivity contribution is -0.135. The van der Waals surface area contributed by atoms with Crippen LogP contribution in [0.4, 0.5) is 5.69 Å². The Labute approximate surface area is 176 Å². The van der Waals surface area contributed by atoms with E-state index in [2.05, 4.69) is 16.3 Å². The summed E-state index contributed by atoms with van der Waals surface area (Å²) in [6.45, 7) is 1.22. The average Bonchev–Trinajstić information content (AvgIpc) is 3.22. The van der Waals surface area contributed by atoms with Gasteiger partial charge >= 0.3 is 0 Å². The summed E-state index contributed by atoms with van der Waals surface area (Å²) >= 11 is 0. The number of aliphatic hydroxyl groups is 1. The van der Waals surface area contributed by atoms with E-state index < -0.39 is 5.60 Å². The summed E-state index contributed by atoms with van der Waals surface area (Å²) in [6.07, 6.45) is 4.68. The minimum Gasteiger partial charge on any atom is -0.454 e. The summed E-state index contributed by atoms with van der Waals surface area (Å²) in [5, 5.41) is 14.4. The summed E-state index contributed by atoms with van der Waals surface area (Å²) in [7, 11) is 0. The summed E-state index contributed by atoms with van der Waals surface area (Å²) in [5.74, 6) is 1.56. The van der Waals surface area contributed by atoms with E-state index in [1.807, 2.05) is 42.5 Å². The second-order valence-corrected chi connectivity index (χ2v) is 8.65. The Balaban J connectivity index is 1.42. The zero-order chi connectivity index (χ0) is 20.6. The van der Waals surface area contributed by atoms with Gasteiger partial charge in [0, 0.05) is 24.2 Å². The van der Waals surface area contributed by atoms with Crippen molar-refractivity contribution in [1.82, 2.24) is 4.90 Å². The number of benzene rings is 2. The smallest absolute Gasteiger partial charge is 0.238 e. The van der Waals surface area contributed by atoms with Crippen LogP contribution in [0.25, 0.3) is 0 Å². The largest absolute Gasteiger partial charge is 0.454 e. The fraction of sp³-hybridized carbons (Fsp3) is 0.458. The molecule has 2 unspecified atom stereocenters. The van der Waals surface area contributed by atoms with Crippen LogP contribution in [0.5, 0.6) is 11.5 Å². The number of piperidine rings is 1. The maximum Gasteiger partial charge on any atom is 0.238 e. The molecule has 0 aromatic heterocycles. The van der Waals surface area contributed by atoms with Crippen LogP contribution in [0.2, 0.25) is 0 Å². The van der Waals surface area contributed by atoms with E-state index in [1.54, 1.807) is 0 Å². The predicted molar refractivity (Wildman–Crippen MR) is 113 cm³/mol. The lowest BCUT2D eigenvalue weighted by Crippen LogP contribution is -2.56. The van der Waals surface area contributed by atoms with Crippen molar-refractivity contribution in [2.24, 2.45) is 5.92 Å². The highest BCUT2D eigenvalue weighted by molar-refractivity contribution is 5.92. The molecule has 1 saturated heterocycles. The first-order valence-corrected chi connectivity index (χ1v) is 10.8. The zero-order valence-electron chi connectivity index (χ0n) is 17.0. The molecule has 158 valence electrons. The van der Waals surface area contributed by atoms with E-state index in [-0.39, 0.29) is 24.7 Å². The van der Waals surface area contributed by atoms with Gasteiger partial charge in [-0.2, -0.15) is 0 Å². The number of amides is 1. The Bertz CT molecular complexity index is 919. The predicted octanol–water partition coefficient (Wildman–Crippen LogP) is 3.72. The van der Waals surface area contributed by atoms with E-state index in [4.69, 9.17) is 9.47 Å². The molecule has 5 rings (SSSR count). The van der Waals surface area contributed by atoms with Gasteiger partial charge in [0.25, 0.3) is 0 Å². The van der Waals surface area contributed by atoms with Crippen molar-refractivity contribution in [1.29, 1.82) is 0 Å². The quantitative estimate of drug-likeness (QED) is 0.807. The van der Waals surface area contributed by atoms with E-state index in [0.717, 1.165) is 48.4 Å². The van der Waals surface area contributed by atoms with Gasteiger partial charge in [-0.1, -0.05) is 37.1 Å². The minimum atomic E-state index is -0.661. The number of nitrogens with one attached hydrogen (secondary N) is 1. The molecule has 0 bridgehead atoms. The fourth-order valence-corrected chi connectivity index (χ4v) is 5.37. The van der Waals surface area contributed by atoms with Crippen LogP contribution in [0.15, 0.2) is 48.5 Å². The maximum absolute atomic E-state index is 12.8. The van der Waals surface area contributed by atoms with E-state index in [9.17, 15) is 9.90 Å². The lowest BCUT2D eigenvalue weighted by atomic mass is 9.66. The van der Waals surface area contributed by atoms with Crippen LogP contribution in [0.3, 0.4) is 0 Å². The van der Waals surface area contributed by atoms with Gasteiger partial charge in [-0.05, 0) is 49.1 Å². The Morgan fingerprint density at radius 3 is 2.80 bits per heavy atom. The standard InChI is InChI=1S/C24H28N2O4/c27-22(25-18-6-2-1-3-7-18)15-26-13-12-24(28)11-5-4-8-19(24)23(26)17-9-10-20-21(14-17)30-16-29-20/h1-3,6-7,9-10,14,19,23,28H,4-5,8,11-13,15-16H2,(H,25,27)/t19?,23-,24?/m0/s1. The third kappa shape index (κ3) is 3.66. The number of ether oxygens (including phenoxy) is 2. The SMILES string of the molecule is O=C(CN1CCC2(O)CCCCC2[C@@H]1c1ccc2c(c1)OCO2)Nc1ccccc1. The molecule has 1 saturated carbocycles. The van der Waals surface area contributed by atoms with Crippen molar-refractivity contribution in [2.45, 2.75) is 43.7 Å². The molecule has 0 spiro atoms. The van der Waals surface area contributed by atoms with Gasteiger partial charge in [0.1, 0.15) is 0 Å². The average molecular weight is 408 g/mol. The molecule has 2 aliphatic heterocycles. The van der Waals surface area contributed by atoms with Crippen molar-refractivity contribution in [2.75, 3.05) is 25.2 Å². The number of rotatable bonds is 4. The third-order valence-corrected chi connectivity index (χ3v) is 6.81. The Morgan fingerprint density at radius 1 is 1.10 bits per heavy atom. The topological polar surface area (TPSA) is 71.0 Å². The molecule has 1 amide bonds. The van der Waals surface area contributed by atoms with Gasteiger partial charge in [-0.15, -0.1) is 0 Å². The minimum absolute atomic E-state index is 0.0277. The second-order valence-electron chi connectivity index (χ2n) is 8.65. The molecule has 2 N–H and O–H groups in total. The van der Waals surface area contributed by atoms with Crippen LogP contribution >= 0.6 is 0 Å². The van der Waals surface area contributed by atoms with Crippen LogP contribution in [0.1, 0.15) is 43.7 Å². The normalized spacial score (nSPS) is 28.0. The van der Waals surface area contributed by atoms with Gasteiger partial charge in [0.2, 0.25) is 12.7 Å². The first-order valence-electron chi connectivity index (χ1n) is 10.8. The van der Waals surface area contributed by atoms with Crippen molar-refractivity contribution >= 4 is 11.6 Å². The lowest BCUT2D eigenvalue weighted by Gasteiger charge is -2.52. The Morgan fingerprint density at radius 2 is 1.93 bits per heavy atom. The molecule has 1 aliphatic carbocycles. The van der Waals surface area contributed by atoms with E-state index in [0.29, 0.717) is 19.5 Å². The number of hydrogen-bond acceptors (Lipinski definition) is 5. The summed E-state index contributed by atoms with van der Waals surface area (Å²) in [5.41, 5.74) is 1.22. The first-order chi connectivity index (χ1) is 14.6. The van der Waals surface area contributed by atoms with Gasteiger partial charge in [0.15, 0.2) is 11.5 Å². The fourth-order valence-electron chi connectivity index (χ4n) is 5.37. The molecule has 2 heterocycles. The number of likely N-dealkylation sites (tertiary alicyclic amines) is 1. The number of anilines is 1. The highest BCUT2D eigenvalue weighted by atomic mass is 16.7. The van der Waals surface area contributed by atoms with Crippen LogP contribution < -0.4 is 14.8 Å². The molecule has 0 radical (unpaired) electrons. The molecule has 30 heavy (non-hydrogen) atoms. The number of nitrogens with zero attached hydrogens (tertiary/aromatic N) is 1. The first kappa shape index (κ1) is 19.4. The maximum atomic E-state index is 12.8. The van der Waals surface area contributed by atoms with Gasteiger partial charge in [-0.3, -0.25) is 9.69 Å². The number of carbonyl (C=O) groups excluding carboxylic acids is 1. The molecule has 3 aliphatic rings. The molecule has 2 fully saturated rings. The zero-order valence-corrected chi connectivity index (χ0v) is 17.0. The van der Waals surface area contributed by atoms with Crippen LogP contribution in [0, 0.1) is 5.92 Å². The summed E-state index contributed by atoms with van der Waals surface area (Å²) < 4.78 is 11.1. The number of carbonyl (C=O) groups is 1. The molecule has 6 heteroatoms. The van der Waals surface area contributed by atoms with Crippen molar-refractivity contribution in [3.8, 4) is 11.5 Å². The van der Waals surface area contributed by atoms with E-state index in [1.165, 1.54) is 0 Å². The number of para-hydroxylation sites is 1. The van der Waals surface area contributed by atoms with Gasteiger partial charge in [-0.25, -0.2) is 0 Å². The highest BCUT2D eigenvalue weighted by Gasteiger charge is 2.49. The molecule has 2 aromatic carbocycles. The molecular weight excluding hydrogens is 380 g/mol. The summed E-state index contributed by atoms with van der Waals surface area (Å²) in [4.78, 5) is 15.0. The highest BCUT2D eigenvalue weighted by Crippen LogP contribution is 2.50. The molecule has 6 nitrogen and oxygen atoms in total. The van der Waals surface area contributed by atoms with Crippen molar-refractivity contribution in [3.63, 3.8) is 0 Å². The molecule has 3 atom stereocenters. The van der Waals surface area contributed by atoms with Crippen molar-refractivity contribution < 1.29 is 19.4 Å². The number of hydrogen-bond donors (Lipinski definition) is 2. The van der Waals surface area contributed by atoms with Gasteiger partial charge in [0.05, 0.1) is 12.1 Å². The second kappa shape index (κ2) is 7.93. The van der Waals surface area contributed by atoms with Crippen LogP contribution in [-0.4, -0.2) is 41.4 Å². The molecular formula is C24H28N2O4. The molecule has 2 aromatic rings. The van der Waals surface area contributed by atoms with Crippen molar-refractivity contribution in [3.05, 3.63) is 54.1 Å². The monoisotopic (exact) mass is 408 g/mol. The van der Waals surface area contributed by atoms with Crippen LogP contribution in [-0.2, 0) is 4.79 Å². The number of fused-ring (bicyclic) bond motifs is 2.